The Kier molecular flexibility index (Phi) is 10.0. The molecule has 1 heterocycles. The molecule has 0 aliphatic carbocycles. The van der Waals surface area contributed by atoms with Crippen molar-refractivity contribution in [2.75, 3.05) is 45.6 Å². The minimum absolute atomic E-state index is 0.0752. The molecule has 180 valence electrons. The molecule has 1 aromatic rings. The normalized spacial score (nSPS) is 15.2. The van der Waals surface area contributed by atoms with E-state index < -0.39 is 15.8 Å². The third-order valence-electron chi connectivity index (χ3n) is 5.74. The molecule has 0 atom stereocenters. The molecule has 1 aliphatic rings. The first kappa shape index (κ1) is 26.2. The Bertz CT molecular complexity index is 872. The molecule has 0 N–H and O–H groups in total. The van der Waals surface area contributed by atoms with Gasteiger partial charge in [-0.15, -0.1) is 0 Å². The number of methoxy groups -OCH3 is 1. The van der Waals surface area contributed by atoms with Gasteiger partial charge >= 0.3 is 0 Å². The summed E-state index contributed by atoms with van der Waals surface area (Å²) in [5.41, 5.74) is 0.632. The Morgan fingerprint density at radius 1 is 1.22 bits per heavy atom. The van der Waals surface area contributed by atoms with Crippen molar-refractivity contribution >= 4 is 21.8 Å². The summed E-state index contributed by atoms with van der Waals surface area (Å²) in [5, 5.41) is 0. The average Bonchev–Trinajstić information content (AvgIpc) is 2.79. The van der Waals surface area contributed by atoms with E-state index >= 15 is 0 Å². The molecule has 1 aromatic carbocycles. The van der Waals surface area contributed by atoms with Crippen LogP contribution in [0.5, 0.6) is 0 Å². The van der Waals surface area contributed by atoms with Crippen molar-refractivity contribution in [3.8, 4) is 0 Å². The summed E-state index contributed by atoms with van der Waals surface area (Å²) in [5.74, 6) is -0.784. The lowest BCUT2D eigenvalue weighted by Crippen LogP contribution is -2.51. The number of nitrogens with zero attached hydrogens (tertiary/aromatic N) is 3. The number of benzene rings is 1. The molecule has 0 aromatic heterocycles. The van der Waals surface area contributed by atoms with Crippen molar-refractivity contribution in [3.63, 3.8) is 0 Å². The highest BCUT2D eigenvalue weighted by molar-refractivity contribution is 7.89. The molecule has 0 spiro atoms. The molecule has 1 fully saturated rings. The quantitative estimate of drug-likeness (QED) is 0.492. The van der Waals surface area contributed by atoms with Gasteiger partial charge in [0.15, 0.2) is 0 Å². The molecule has 32 heavy (non-hydrogen) atoms. The molecule has 0 saturated carbocycles. The standard InChI is InChI=1S/C22H34FN3O5S/c1-4-21(27)24-11-9-20(10-12-24)26(16-18-7-6-8-19(23)15-18)22(28)17-25(13-14-31-3)32(29,30)5-2/h6-8,15,20H,4-5,9-14,16-17H2,1-3H3. The molecular formula is C22H34FN3O5S. The van der Waals surface area contributed by atoms with E-state index in [4.69, 9.17) is 4.74 Å². The third-order valence-corrected chi connectivity index (χ3v) is 7.57. The highest BCUT2D eigenvalue weighted by Gasteiger charge is 2.32. The topological polar surface area (TPSA) is 87.2 Å². The van der Waals surface area contributed by atoms with Gasteiger partial charge < -0.3 is 14.5 Å². The smallest absolute Gasteiger partial charge is 0.238 e. The predicted octanol–water partition coefficient (Wildman–Crippen LogP) is 1.85. The first-order chi connectivity index (χ1) is 15.2. The van der Waals surface area contributed by atoms with E-state index in [1.165, 1.54) is 26.2 Å². The second-order valence-electron chi connectivity index (χ2n) is 7.84. The summed E-state index contributed by atoms with van der Waals surface area (Å²) >= 11 is 0. The fourth-order valence-electron chi connectivity index (χ4n) is 3.84. The molecule has 8 nitrogen and oxygen atoms in total. The number of piperidine rings is 1. The van der Waals surface area contributed by atoms with Crippen LogP contribution in [0.15, 0.2) is 24.3 Å². The molecule has 2 amide bonds. The average molecular weight is 472 g/mol. The van der Waals surface area contributed by atoms with Crippen LogP contribution in [0.1, 0.15) is 38.7 Å². The van der Waals surface area contributed by atoms with Crippen LogP contribution in [-0.4, -0.2) is 86.0 Å². The number of carbonyl (C=O) groups excluding carboxylic acids is 2. The van der Waals surface area contributed by atoms with Crippen LogP contribution in [-0.2, 0) is 30.9 Å². The van der Waals surface area contributed by atoms with E-state index in [2.05, 4.69) is 0 Å². The Balaban J connectivity index is 2.22. The van der Waals surface area contributed by atoms with Gasteiger partial charge in [-0.1, -0.05) is 19.1 Å². The summed E-state index contributed by atoms with van der Waals surface area (Å²) in [6.45, 7) is 4.54. The summed E-state index contributed by atoms with van der Waals surface area (Å²) < 4.78 is 44.9. The monoisotopic (exact) mass is 471 g/mol. The van der Waals surface area contributed by atoms with Crippen LogP contribution < -0.4 is 0 Å². The molecule has 0 radical (unpaired) electrons. The third kappa shape index (κ3) is 7.25. The fraction of sp³-hybridized carbons (Fsp3) is 0.636. The van der Waals surface area contributed by atoms with Crippen LogP contribution in [0, 0.1) is 5.82 Å². The van der Waals surface area contributed by atoms with Gasteiger partial charge in [-0.05, 0) is 37.5 Å². The van der Waals surface area contributed by atoms with Crippen molar-refractivity contribution in [3.05, 3.63) is 35.6 Å². The first-order valence-corrected chi connectivity index (χ1v) is 12.6. The number of ether oxygens (including phenoxy) is 1. The largest absolute Gasteiger partial charge is 0.383 e. The molecule has 10 heteroatoms. The molecule has 1 saturated heterocycles. The molecule has 0 bridgehead atoms. The zero-order chi connectivity index (χ0) is 23.7. The van der Waals surface area contributed by atoms with Gasteiger partial charge in [0.2, 0.25) is 21.8 Å². The van der Waals surface area contributed by atoms with E-state index in [9.17, 15) is 22.4 Å². The van der Waals surface area contributed by atoms with Crippen molar-refractivity contribution < 1.29 is 27.1 Å². The van der Waals surface area contributed by atoms with Crippen LogP contribution in [0.25, 0.3) is 0 Å². The maximum atomic E-state index is 13.7. The number of hydrogen-bond donors (Lipinski definition) is 0. The van der Waals surface area contributed by atoms with Crippen molar-refractivity contribution in [2.24, 2.45) is 0 Å². The van der Waals surface area contributed by atoms with Gasteiger partial charge in [-0.2, -0.15) is 4.31 Å². The van der Waals surface area contributed by atoms with E-state index in [0.29, 0.717) is 37.9 Å². The van der Waals surface area contributed by atoms with Crippen molar-refractivity contribution in [1.29, 1.82) is 0 Å². The minimum atomic E-state index is -3.60. The maximum Gasteiger partial charge on any atom is 0.238 e. The lowest BCUT2D eigenvalue weighted by atomic mass is 10.0. The summed E-state index contributed by atoms with van der Waals surface area (Å²) in [6, 6.07) is 5.87. The van der Waals surface area contributed by atoms with Gasteiger partial charge in [-0.25, -0.2) is 12.8 Å². The van der Waals surface area contributed by atoms with Crippen LogP contribution >= 0.6 is 0 Å². The fourth-order valence-corrected chi connectivity index (χ4v) is 4.86. The van der Waals surface area contributed by atoms with Crippen molar-refractivity contribution in [1.82, 2.24) is 14.1 Å². The lowest BCUT2D eigenvalue weighted by molar-refractivity contribution is -0.137. The Morgan fingerprint density at radius 2 is 1.91 bits per heavy atom. The SMILES string of the molecule is CCC(=O)N1CCC(N(Cc2cccc(F)c2)C(=O)CN(CCOC)S(=O)(=O)CC)CC1. The van der Waals surface area contributed by atoms with E-state index in [1.807, 2.05) is 6.92 Å². The van der Waals surface area contributed by atoms with Crippen LogP contribution in [0.2, 0.25) is 0 Å². The summed E-state index contributed by atoms with van der Waals surface area (Å²) in [7, 11) is -2.13. The van der Waals surface area contributed by atoms with E-state index in [1.54, 1.807) is 21.9 Å². The molecule has 0 unspecified atom stereocenters. The second-order valence-corrected chi connectivity index (χ2v) is 10.1. The van der Waals surface area contributed by atoms with Gasteiger partial charge in [0, 0.05) is 45.8 Å². The van der Waals surface area contributed by atoms with Crippen LogP contribution in [0.4, 0.5) is 4.39 Å². The van der Waals surface area contributed by atoms with Gasteiger partial charge in [-0.3, -0.25) is 9.59 Å². The predicted molar refractivity (Wildman–Crippen MR) is 120 cm³/mol. The Hall–Kier alpha value is -2.04. The molecular weight excluding hydrogens is 437 g/mol. The number of hydrogen-bond acceptors (Lipinski definition) is 5. The van der Waals surface area contributed by atoms with E-state index in [-0.39, 0.29) is 49.9 Å². The van der Waals surface area contributed by atoms with Crippen molar-refractivity contribution in [2.45, 2.75) is 45.7 Å². The number of rotatable bonds is 11. The van der Waals surface area contributed by atoms with Gasteiger partial charge in [0.25, 0.3) is 0 Å². The minimum Gasteiger partial charge on any atom is -0.383 e. The number of sulfonamides is 1. The van der Waals surface area contributed by atoms with E-state index in [0.717, 1.165) is 4.31 Å². The number of likely N-dealkylation sites (tertiary alicyclic amines) is 1. The van der Waals surface area contributed by atoms with Gasteiger partial charge in [0.1, 0.15) is 5.82 Å². The van der Waals surface area contributed by atoms with Gasteiger partial charge in [0.05, 0.1) is 18.9 Å². The Morgan fingerprint density at radius 3 is 2.47 bits per heavy atom. The zero-order valence-electron chi connectivity index (χ0n) is 19.1. The molecule has 1 aliphatic heterocycles. The number of amides is 2. The number of halogens is 1. The number of carbonyl (C=O) groups is 2. The maximum absolute atomic E-state index is 13.7. The Labute approximate surface area is 190 Å². The summed E-state index contributed by atoms with van der Waals surface area (Å²) in [4.78, 5) is 28.8. The summed E-state index contributed by atoms with van der Waals surface area (Å²) in [6.07, 6.45) is 1.61. The highest BCUT2D eigenvalue weighted by Crippen LogP contribution is 2.21. The molecule has 2 rings (SSSR count). The zero-order valence-corrected chi connectivity index (χ0v) is 19.9. The first-order valence-electron chi connectivity index (χ1n) is 11.0. The second kappa shape index (κ2) is 12.3. The lowest BCUT2D eigenvalue weighted by Gasteiger charge is -2.39. The highest BCUT2D eigenvalue weighted by atomic mass is 32.2. The van der Waals surface area contributed by atoms with Crippen LogP contribution in [0.3, 0.4) is 0 Å².